The number of esters is 1. The Labute approximate surface area is 146 Å². The Morgan fingerprint density at radius 3 is 2.68 bits per heavy atom. The molecule has 25 heavy (non-hydrogen) atoms. The molecule has 0 bridgehead atoms. The summed E-state index contributed by atoms with van der Waals surface area (Å²) in [7, 11) is 2.94. The molecular weight excluding hydrogens is 320 g/mol. The monoisotopic (exact) mass is 342 g/mol. The van der Waals surface area contributed by atoms with Crippen LogP contribution in [-0.4, -0.2) is 36.7 Å². The number of hydrogen-bond acceptors (Lipinski definition) is 7. The van der Waals surface area contributed by atoms with Gasteiger partial charge in [-0.15, -0.1) is 0 Å². The molecule has 1 aliphatic carbocycles. The summed E-state index contributed by atoms with van der Waals surface area (Å²) in [6, 6.07) is 7.03. The minimum Gasteiger partial charge on any atom is -0.495 e. The minimum absolute atomic E-state index is 0.402. The Bertz CT molecular complexity index is 775. The quantitative estimate of drug-likeness (QED) is 0.747. The van der Waals surface area contributed by atoms with E-state index in [0.717, 1.165) is 25.1 Å². The Morgan fingerprint density at radius 2 is 2.04 bits per heavy atom. The zero-order valence-electron chi connectivity index (χ0n) is 14.6. The van der Waals surface area contributed by atoms with Crippen molar-refractivity contribution in [1.82, 2.24) is 9.97 Å². The van der Waals surface area contributed by atoms with Crippen LogP contribution in [0, 0.1) is 0 Å². The van der Waals surface area contributed by atoms with E-state index in [2.05, 4.69) is 20.6 Å². The van der Waals surface area contributed by atoms with Crippen molar-refractivity contribution in [3.05, 3.63) is 35.5 Å². The molecule has 1 aromatic heterocycles. The van der Waals surface area contributed by atoms with Crippen molar-refractivity contribution in [3.63, 3.8) is 0 Å². The van der Waals surface area contributed by atoms with Gasteiger partial charge in [-0.2, -0.15) is 4.98 Å². The van der Waals surface area contributed by atoms with Crippen molar-refractivity contribution >= 4 is 23.4 Å². The minimum atomic E-state index is -0.402. The van der Waals surface area contributed by atoms with Crippen LogP contribution in [0.2, 0.25) is 0 Å². The van der Waals surface area contributed by atoms with Gasteiger partial charge in [0.2, 0.25) is 5.95 Å². The normalized spacial score (nSPS) is 13.2. The highest BCUT2D eigenvalue weighted by atomic mass is 16.5. The van der Waals surface area contributed by atoms with Gasteiger partial charge in [0.25, 0.3) is 0 Å². The standard InChI is InChI=1S/C18H22N4O3/c1-4-19-18-21-13(11-5-6-11)10-16(22-18)20-14-9-12(17(23)25-3)7-8-15(14)24-2/h7-11H,4-6H2,1-3H3,(H2,19,20,21,22). The molecule has 0 atom stereocenters. The zero-order chi connectivity index (χ0) is 17.8. The molecule has 0 amide bonds. The number of hydrogen-bond donors (Lipinski definition) is 2. The summed E-state index contributed by atoms with van der Waals surface area (Å²) >= 11 is 0. The van der Waals surface area contributed by atoms with Crippen LogP contribution in [0.25, 0.3) is 0 Å². The van der Waals surface area contributed by atoms with Crippen molar-refractivity contribution in [3.8, 4) is 5.75 Å². The first kappa shape index (κ1) is 17.0. The first-order valence-corrected chi connectivity index (χ1v) is 8.30. The van der Waals surface area contributed by atoms with Crippen LogP contribution in [0.5, 0.6) is 5.75 Å². The number of methoxy groups -OCH3 is 2. The number of nitrogens with zero attached hydrogens (tertiary/aromatic N) is 2. The Balaban J connectivity index is 1.94. The van der Waals surface area contributed by atoms with Crippen molar-refractivity contribution < 1.29 is 14.3 Å². The number of carbonyl (C=O) groups excluding carboxylic acids is 1. The molecule has 2 aromatic rings. The van der Waals surface area contributed by atoms with Gasteiger partial charge in [0.1, 0.15) is 11.6 Å². The number of carbonyl (C=O) groups is 1. The fourth-order valence-electron chi connectivity index (χ4n) is 2.54. The molecule has 1 aliphatic rings. The van der Waals surface area contributed by atoms with E-state index in [4.69, 9.17) is 9.47 Å². The predicted molar refractivity (Wildman–Crippen MR) is 95.8 cm³/mol. The molecule has 7 heteroatoms. The summed E-state index contributed by atoms with van der Waals surface area (Å²) in [5.41, 5.74) is 2.11. The van der Waals surface area contributed by atoms with Crippen molar-refractivity contribution in [2.45, 2.75) is 25.7 Å². The molecule has 0 radical (unpaired) electrons. The van der Waals surface area contributed by atoms with Crippen LogP contribution in [0.15, 0.2) is 24.3 Å². The topological polar surface area (TPSA) is 85.4 Å². The molecule has 2 N–H and O–H groups in total. The van der Waals surface area contributed by atoms with Gasteiger partial charge in [-0.1, -0.05) is 0 Å². The average molecular weight is 342 g/mol. The second-order valence-corrected chi connectivity index (χ2v) is 5.84. The van der Waals surface area contributed by atoms with E-state index in [1.54, 1.807) is 25.3 Å². The van der Waals surface area contributed by atoms with Crippen molar-refractivity contribution in [2.24, 2.45) is 0 Å². The second-order valence-electron chi connectivity index (χ2n) is 5.84. The number of anilines is 3. The van der Waals surface area contributed by atoms with E-state index in [1.807, 2.05) is 13.0 Å². The third-order valence-electron chi connectivity index (χ3n) is 3.96. The molecule has 1 heterocycles. The Hall–Kier alpha value is -2.83. The van der Waals surface area contributed by atoms with E-state index >= 15 is 0 Å². The molecule has 1 aromatic carbocycles. The lowest BCUT2D eigenvalue weighted by Gasteiger charge is -2.14. The highest BCUT2D eigenvalue weighted by Crippen LogP contribution is 2.40. The van der Waals surface area contributed by atoms with Crippen LogP contribution in [-0.2, 0) is 4.74 Å². The van der Waals surface area contributed by atoms with Gasteiger partial charge >= 0.3 is 5.97 Å². The van der Waals surface area contributed by atoms with E-state index < -0.39 is 5.97 Å². The number of nitrogens with one attached hydrogen (secondary N) is 2. The summed E-state index contributed by atoms with van der Waals surface area (Å²) in [5, 5.41) is 6.40. The number of rotatable bonds is 7. The summed E-state index contributed by atoms with van der Waals surface area (Å²) in [4.78, 5) is 20.8. The SMILES string of the molecule is CCNc1nc(Nc2cc(C(=O)OC)ccc2OC)cc(C2CC2)n1. The lowest BCUT2D eigenvalue weighted by Crippen LogP contribution is -2.07. The number of ether oxygens (including phenoxy) is 2. The fourth-order valence-corrected chi connectivity index (χ4v) is 2.54. The maximum atomic E-state index is 11.8. The molecule has 3 rings (SSSR count). The van der Waals surface area contributed by atoms with E-state index in [1.165, 1.54) is 7.11 Å². The molecule has 7 nitrogen and oxygen atoms in total. The zero-order valence-corrected chi connectivity index (χ0v) is 14.6. The van der Waals surface area contributed by atoms with Gasteiger partial charge in [0.05, 0.1) is 31.2 Å². The molecular formula is C18H22N4O3. The van der Waals surface area contributed by atoms with Crippen molar-refractivity contribution in [1.29, 1.82) is 0 Å². The maximum Gasteiger partial charge on any atom is 0.337 e. The van der Waals surface area contributed by atoms with Gasteiger partial charge in [0.15, 0.2) is 0 Å². The van der Waals surface area contributed by atoms with Gasteiger partial charge in [0, 0.05) is 18.5 Å². The molecule has 0 aliphatic heterocycles. The summed E-state index contributed by atoms with van der Waals surface area (Å²) in [6.07, 6.45) is 2.31. The third-order valence-corrected chi connectivity index (χ3v) is 3.96. The molecule has 132 valence electrons. The highest BCUT2D eigenvalue weighted by molar-refractivity contribution is 5.91. The summed E-state index contributed by atoms with van der Waals surface area (Å²) < 4.78 is 10.2. The number of benzene rings is 1. The van der Waals surface area contributed by atoms with E-state index in [9.17, 15) is 4.79 Å². The largest absolute Gasteiger partial charge is 0.495 e. The van der Waals surface area contributed by atoms with E-state index in [-0.39, 0.29) is 0 Å². The first-order chi connectivity index (χ1) is 12.1. The smallest absolute Gasteiger partial charge is 0.337 e. The summed E-state index contributed by atoms with van der Waals surface area (Å²) in [5.74, 6) is 1.97. The van der Waals surface area contributed by atoms with Gasteiger partial charge in [-0.25, -0.2) is 9.78 Å². The van der Waals surface area contributed by atoms with E-state index in [0.29, 0.717) is 34.7 Å². The van der Waals surface area contributed by atoms with Crippen molar-refractivity contribution in [2.75, 3.05) is 31.4 Å². The summed E-state index contributed by atoms with van der Waals surface area (Å²) in [6.45, 7) is 2.75. The van der Waals surface area contributed by atoms with Crippen LogP contribution >= 0.6 is 0 Å². The van der Waals surface area contributed by atoms with Crippen LogP contribution < -0.4 is 15.4 Å². The number of aromatic nitrogens is 2. The molecule has 1 saturated carbocycles. The van der Waals surface area contributed by atoms with Crippen LogP contribution in [0.4, 0.5) is 17.5 Å². The van der Waals surface area contributed by atoms with Crippen LogP contribution in [0.3, 0.4) is 0 Å². The average Bonchev–Trinajstić information content (AvgIpc) is 3.46. The molecule has 0 saturated heterocycles. The third kappa shape index (κ3) is 3.99. The molecule has 0 unspecified atom stereocenters. The first-order valence-electron chi connectivity index (χ1n) is 8.30. The van der Waals surface area contributed by atoms with Crippen LogP contribution in [0.1, 0.15) is 41.7 Å². The van der Waals surface area contributed by atoms with Gasteiger partial charge in [-0.3, -0.25) is 0 Å². The Morgan fingerprint density at radius 1 is 1.24 bits per heavy atom. The lowest BCUT2D eigenvalue weighted by atomic mass is 10.2. The lowest BCUT2D eigenvalue weighted by molar-refractivity contribution is 0.0601. The predicted octanol–water partition coefficient (Wildman–Crippen LogP) is 3.32. The fraction of sp³-hybridized carbons (Fsp3) is 0.389. The maximum absolute atomic E-state index is 11.8. The second kappa shape index (κ2) is 7.38. The molecule has 0 spiro atoms. The van der Waals surface area contributed by atoms with Gasteiger partial charge < -0.3 is 20.1 Å². The van der Waals surface area contributed by atoms with Gasteiger partial charge in [-0.05, 0) is 38.0 Å². The molecule has 1 fully saturated rings. The Kier molecular flexibility index (Phi) is 5.02. The highest BCUT2D eigenvalue weighted by Gasteiger charge is 2.26.